The Kier molecular flexibility index (Phi) is 5.42. The third-order valence-electron chi connectivity index (χ3n) is 5.75. The first-order valence-corrected chi connectivity index (χ1v) is 10.8. The molecule has 0 saturated carbocycles. The van der Waals surface area contributed by atoms with Crippen LogP contribution in [0.5, 0.6) is 34.5 Å². The summed E-state index contributed by atoms with van der Waals surface area (Å²) < 4.78 is 12.1. The van der Waals surface area contributed by atoms with Gasteiger partial charge in [0.2, 0.25) is 0 Å². The fourth-order valence-electron chi connectivity index (χ4n) is 3.98. The van der Waals surface area contributed by atoms with Crippen LogP contribution in [0.2, 0.25) is 0 Å². The minimum Gasteiger partial charge on any atom is -0.504 e. The van der Waals surface area contributed by atoms with Crippen LogP contribution < -0.4 is 9.47 Å². The highest BCUT2D eigenvalue weighted by atomic mass is 16.5. The topological polar surface area (TPSA) is 58.9 Å². The van der Waals surface area contributed by atoms with Crippen molar-refractivity contribution in [3.63, 3.8) is 0 Å². The summed E-state index contributed by atoms with van der Waals surface area (Å²) in [6.07, 6.45) is 3.12. The summed E-state index contributed by atoms with van der Waals surface area (Å²) in [5.74, 6) is 2.61. The van der Waals surface area contributed by atoms with Gasteiger partial charge in [-0.05, 0) is 90.4 Å². The smallest absolute Gasteiger partial charge is 0.172 e. The van der Waals surface area contributed by atoms with E-state index in [2.05, 4.69) is 6.07 Å². The average molecular weight is 424 g/mol. The molecule has 6 bridgehead atoms. The molecule has 4 aromatic rings. The standard InChI is InChI=1S/C28H24O4/c29-25-16-12-21-8-7-20-3-1-5-24(17-20)32-28-22(4-2-6-26(28)30)13-9-19-10-14-23(15-11-19)31-27(25)18-21/h1-6,10-12,14-18,29-30H,7-9,13H2. The lowest BCUT2D eigenvalue weighted by molar-refractivity contribution is 0.407. The monoisotopic (exact) mass is 424 g/mol. The van der Waals surface area contributed by atoms with Crippen molar-refractivity contribution in [3.8, 4) is 34.5 Å². The SMILES string of the molecule is Oc1ccc2cc1Oc1ccc(cc1)CCc1cccc(O)c1Oc1cccc(c1)CC2. The summed E-state index contributed by atoms with van der Waals surface area (Å²) in [5, 5.41) is 20.7. The highest BCUT2D eigenvalue weighted by Gasteiger charge is 2.12. The van der Waals surface area contributed by atoms with Crippen LogP contribution in [0.4, 0.5) is 0 Å². The number of hydrogen-bond acceptors (Lipinski definition) is 4. The fraction of sp³-hybridized carbons (Fsp3) is 0.143. The number of para-hydroxylation sites is 1. The maximum Gasteiger partial charge on any atom is 0.172 e. The summed E-state index contributed by atoms with van der Waals surface area (Å²) in [6.45, 7) is 0. The van der Waals surface area contributed by atoms with Crippen LogP contribution in [0.25, 0.3) is 0 Å². The predicted molar refractivity (Wildman–Crippen MR) is 124 cm³/mol. The molecule has 0 unspecified atom stereocenters. The van der Waals surface area contributed by atoms with Crippen molar-refractivity contribution in [2.45, 2.75) is 25.7 Å². The van der Waals surface area contributed by atoms with E-state index in [0.717, 1.165) is 47.9 Å². The van der Waals surface area contributed by atoms with Gasteiger partial charge in [0.1, 0.15) is 11.5 Å². The summed E-state index contributed by atoms with van der Waals surface area (Å²) in [5.41, 5.74) is 4.31. The van der Waals surface area contributed by atoms with Gasteiger partial charge in [0.25, 0.3) is 0 Å². The number of hydrogen-bond donors (Lipinski definition) is 2. The third kappa shape index (κ3) is 4.40. The number of ether oxygens (including phenoxy) is 2. The van der Waals surface area contributed by atoms with Crippen molar-refractivity contribution in [1.82, 2.24) is 0 Å². The van der Waals surface area contributed by atoms with Gasteiger partial charge in [0.05, 0.1) is 0 Å². The van der Waals surface area contributed by atoms with Gasteiger partial charge >= 0.3 is 0 Å². The molecule has 4 heteroatoms. The lowest BCUT2D eigenvalue weighted by Gasteiger charge is -2.15. The van der Waals surface area contributed by atoms with E-state index in [4.69, 9.17) is 9.47 Å². The molecule has 0 atom stereocenters. The number of rotatable bonds is 0. The van der Waals surface area contributed by atoms with Gasteiger partial charge in [-0.3, -0.25) is 0 Å². The molecule has 0 aliphatic carbocycles. The fourth-order valence-corrected chi connectivity index (χ4v) is 3.98. The molecule has 2 aliphatic heterocycles. The van der Waals surface area contributed by atoms with E-state index in [1.54, 1.807) is 12.1 Å². The van der Waals surface area contributed by atoms with Crippen molar-refractivity contribution in [2.24, 2.45) is 0 Å². The number of fused-ring (bicyclic) bond motifs is 4. The van der Waals surface area contributed by atoms with E-state index in [0.29, 0.717) is 23.0 Å². The molecule has 4 nitrogen and oxygen atoms in total. The van der Waals surface area contributed by atoms with E-state index in [9.17, 15) is 10.2 Å². The molecule has 0 radical (unpaired) electrons. The highest BCUT2D eigenvalue weighted by Crippen LogP contribution is 2.36. The first-order valence-electron chi connectivity index (χ1n) is 10.8. The van der Waals surface area contributed by atoms with E-state index in [1.165, 1.54) is 0 Å². The molecule has 0 saturated heterocycles. The normalized spacial score (nSPS) is 13.2. The third-order valence-corrected chi connectivity index (χ3v) is 5.75. The van der Waals surface area contributed by atoms with Crippen LogP contribution in [0.15, 0.2) is 84.9 Å². The Morgan fingerprint density at radius 2 is 1.25 bits per heavy atom. The number of phenols is 2. The Labute approximate surface area is 187 Å². The quantitative estimate of drug-likeness (QED) is 0.335. The molecule has 4 aromatic carbocycles. The van der Waals surface area contributed by atoms with Gasteiger partial charge in [-0.2, -0.15) is 0 Å². The van der Waals surface area contributed by atoms with Gasteiger partial charge in [-0.1, -0.05) is 42.5 Å². The lowest BCUT2D eigenvalue weighted by atomic mass is 10.0. The van der Waals surface area contributed by atoms with Gasteiger partial charge in [-0.25, -0.2) is 0 Å². The largest absolute Gasteiger partial charge is 0.504 e. The Morgan fingerprint density at radius 1 is 0.531 bits per heavy atom. The molecular formula is C28H24O4. The van der Waals surface area contributed by atoms with Gasteiger partial charge in [0.15, 0.2) is 23.0 Å². The molecule has 160 valence electrons. The minimum atomic E-state index is 0.124. The average Bonchev–Trinajstić information content (AvgIpc) is 2.81. The molecule has 2 N–H and O–H groups in total. The highest BCUT2D eigenvalue weighted by molar-refractivity contribution is 5.49. The number of aromatic hydroxyl groups is 2. The second kappa shape index (κ2) is 8.67. The molecule has 0 fully saturated rings. The molecule has 6 rings (SSSR count). The van der Waals surface area contributed by atoms with Gasteiger partial charge in [0, 0.05) is 0 Å². The summed E-state index contributed by atoms with van der Waals surface area (Å²) in [6, 6.07) is 26.8. The number of benzene rings is 4. The Morgan fingerprint density at radius 3 is 2.09 bits per heavy atom. The van der Waals surface area contributed by atoms with E-state index in [1.807, 2.05) is 66.7 Å². The van der Waals surface area contributed by atoms with Crippen molar-refractivity contribution < 1.29 is 19.7 Å². The molecular weight excluding hydrogens is 400 g/mol. The van der Waals surface area contributed by atoms with Crippen LogP contribution in [-0.2, 0) is 25.7 Å². The zero-order chi connectivity index (χ0) is 21.9. The van der Waals surface area contributed by atoms with Gasteiger partial charge < -0.3 is 19.7 Å². The second-order valence-electron chi connectivity index (χ2n) is 8.06. The molecule has 32 heavy (non-hydrogen) atoms. The van der Waals surface area contributed by atoms with Crippen molar-refractivity contribution >= 4 is 0 Å². The molecule has 2 heterocycles. The Balaban J connectivity index is 1.54. The van der Waals surface area contributed by atoms with Crippen LogP contribution in [0.3, 0.4) is 0 Å². The van der Waals surface area contributed by atoms with Crippen molar-refractivity contribution in [1.29, 1.82) is 0 Å². The summed E-state index contributed by atoms with van der Waals surface area (Å²) >= 11 is 0. The first-order chi connectivity index (χ1) is 15.6. The number of aryl methyl sites for hydroxylation is 4. The molecule has 0 spiro atoms. The van der Waals surface area contributed by atoms with E-state index < -0.39 is 0 Å². The Hall–Kier alpha value is -3.92. The van der Waals surface area contributed by atoms with Gasteiger partial charge in [-0.15, -0.1) is 0 Å². The summed E-state index contributed by atoms with van der Waals surface area (Å²) in [4.78, 5) is 0. The minimum absolute atomic E-state index is 0.124. The van der Waals surface area contributed by atoms with E-state index in [-0.39, 0.29) is 11.5 Å². The van der Waals surface area contributed by atoms with Crippen molar-refractivity contribution in [2.75, 3.05) is 0 Å². The van der Waals surface area contributed by atoms with Crippen LogP contribution in [0, 0.1) is 0 Å². The lowest BCUT2D eigenvalue weighted by Crippen LogP contribution is -1.98. The Bertz CT molecular complexity index is 1240. The first kappa shape index (κ1) is 20.0. The van der Waals surface area contributed by atoms with Crippen molar-refractivity contribution in [3.05, 3.63) is 107 Å². The second-order valence-corrected chi connectivity index (χ2v) is 8.06. The molecule has 0 amide bonds. The van der Waals surface area contributed by atoms with Crippen LogP contribution in [-0.4, -0.2) is 10.2 Å². The maximum absolute atomic E-state index is 10.5. The van der Waals surface area contributed by atoms with E-state index >= 15 is 0 Å². The zero-order valence-electron chi connectivity index (χ0n) is 17.6. The predicted octanol–water partition coefficient (Wildman–Crippen LogP) is 6.57. The molecule has 2 aliphatic rings. The summed E-state index contributed by atoms with van der Waals surface area (Å²) in [7, 11) is 0. The maximum atomic E-state index is 10.5. The molecule has 0 aromatic heterocycles. The zero-order valence-corrected chi connectivity index (χ0v) is 17.6. The number of phenolic OH excluding ortho intramolecular Hbond substituents is 2. The van der Waals surface area contributed by atoms with Crippen LogP contribution in [0.1, 0.15) is 22.3 Å². The van der Waals surface area contributed by atoms with Crippen LogP contribution >= 0.6 is 0 Å².